The number of rotatable bonds is 3. The Bertz CT molecular complexity index is 237. The molecule has 2 N–H and O–H groups in total. The van der Waals surface area contributed by atoms with E-state index in [9.17, 15) is 0 Å². The summed E-state index contributed by atoms with van der Waals surface area (Å²) in [7, 11) is 0. The molecule has 94 valence electrons. The van der Waals surface area contributed by atoms with Crippen molar-refractivity contribution in [2.24, 2.45) is 17.1 Å². The number of hydrogen-bond donors (Lipinski definition) is 1. The van der Waals surface area contributed by atoms with Gasteiger partial charge in [0.1, 0.15) is 0 Å². The molecule has 3 unspecified atom stereocenters. The number of hydrogen-bond acceptors (Lipinski definition) is 2. The summed E-state index contributed by atoms with van der Waals surface area (Å²) in [6, 6.07) is 1.25. The van der Waals surface area contributed by atoms with Crippen molar-refractivity contribution in [2.75, 3.05) is 13.1 Å². The summed E-state index contributed by atoms with van der Waals surface area (Å²) in [4.78, 5) is 2.70. The summed E-state index contributed by atoms with van der Waals surface area (Å²) in [6.45, 7) is 9.55. The van der Waals surface area contributed by atoms with E-state index in [1.165, 1.54) is 45.2 Å². The first-order valence-corrected chi connectivity index (χ1v) is 7.04. The molecule has 0 aromatic heterocycles. The van der Waals surface area contributed by atoms with Crippen LogP contribution in [-0.4, -0.2) is 30.1 Å². The van der Waals surface area contributed by atoms with Crippen LogP contribution in [0.2, 0.25) is 0 Å². The van der Waals surface area contributed by atoms with Gasteiger partial charge in [-0.3, -0.25) is 0 Å². The third kappa shape index (κ3) is 2.28. The summed E-state index contributed by atoms with van der Waals surface area (Å²) in [6.07, 6.45) is 6.75. The molecule has 2 aliphatic rings. The van der Waals surface area contributed by atoms with Gasteiger partial charge in [-0.15, -0.1) is 0 Å². The maximum absolute atomic E-state index is 6.40. The van der Waals surface area contributed by atoms with Gasteiger partial charge in [-0.25, -0.2) is 0 Å². The highest BCUT2D eigenvalue weighted by atomic mass is 15.2. The van der Waals surface area contributed by atoms with E-state index in [0.717, 1.165) is 12.0 Å². The first-order chi connectivity index (χ1) is 7.54. The molecule has 2 fully saturated rings. The Morgan fingerprint density at radius 1 is 1.31 bits per heavy atom. The molecule has 1 aliphatic heterocycles. The van der Waals surface area contributed by atoms with Gasteiger partial charge in [0.15, 0.2) is 0 Å². The average Bonchev–Trinajstić information content (AvgIpc) is 2.78. The van der Waals surface area contributed by atoms with E-state index >= 15 is 0 Å². The van der Waals surface area contributed by atoms with Crippen molar-refractivity contribution in [3.05, 3.63) is 0 Å². The van der Waals surface area contributed by atoms with E-state index < -0.39 is 0 Å². The fourth-order valence-electron chi connectivity index (χ4n) is 3.65. The van der Waals surface area contributed by atoms with Crippen LogP contribution in [0.5, 0.6) is 0 Å². The topological polar surface area (TPSA) is 29.3 Å². The fraction of sp³-hybridized carbons (Fsp3) is 1.00. The van der Waals surface area contributed by atoms with Crippen molar-refractivity contribution in [1.29, 1.82) is 0 Å². The molecular formula is C14H28N2. The van der Waals surface area contributed by atoms with Crippen molar-refractivity contribution in [3.63, 3.8) is 0 Å². The minimum Gasteiger partial charge on any atom is -0.327 e. The Balaban J connectivity index is 1.91. The summed E-state index contributed by atoms with van der Waals surface area (Å²) < 4.78 is 0. The van der Waals surface area contributed by atoms with Crippen molar-refractivity contribution in [1.82, 2.24) is 4.90 Å². The van der Waals surface area contributed by atoms with Crippen LogP contribution in [-0.2, 0) is 0 Å². The summed E-state index contributed by atoms with van der Waals surface area (Å²) in [5.74, 6) is 0.738. The largest absolute Gasteiger partial charge is 0.327 e. The maximum atomic E-state index is 6.40. The van der Waals surface area contributed by atoms with Gasteiger partial charge < -0.3 is 10.6 Å². The Kier molecular flexibility index (Phi) is 3.60. The van der Waals surface area contributed by atoms with Crippen molar-refractivity contribution in [2.45, 2.75) is 65.0 Å². The molecule has 3 atom stereocenters. The van der Waals surface area contributed by atoms with Crippen LogP contribution < -0.4 is 5.73 Å². The van der Waals surface area contributed by atoms with Gasteiger partial charge >= 0.3 is 0 Å². The standard InChI is InChI=1S/C14H28N2/c1-4-12-6-5-9-16(12)10-11-7-8-14(2,3)13(11)15/h11-13H,4-10,15H2,1-3H3. The van der Waals surface area contributed by atoms with Gasteiger partial charge in [-0.2, -0.15) is 0 Å². The lowest BCUT2D eigenvalue weighted by molar-refractivity contribution is 0.189. The Morgan fingerprint density at radius 2 is 2.06 bits per heavy atom. The monoisotopic (exact) mass is 224 g/mol. The second-order valence-corrected chi connectivity index (χ2v) is 6.51. The van der Waals surface area contributed by atoms with Crippen molar-refractivity contribution < 1.29 is 0 Å². The molecule has 1 aliphatic carbocycles. The molecule has 1 saturated carbocycles. The molecule has 1 heterocycles. The fourth-order valence-corrected chi connectivity index (χ4v) is 3.65. The zero-order chi connectivity index (χ0) is 11.8. The predicted molar refractivity (Wildman–Crippen MR) is 69.4 cm³/mol. The average molecular weight is 224 g/mol. The Hall–Kier alpha value is -0.0800. The van der Waals surface area contributed by atoms with Crippen LogP contribution in [0.1, 0.15) is 52.9 Å². The second-order valence-electron chi connectivity index (χ2n) is 6.51. The van der Waals surface area contributed by atoms with E-state index in [2.05, 4.69) is 25.7 Å². The number of nitrogens with zero attached hydrogens (tertiary/aromatic N) is 1. The van der Waals surface area contributed by atoms with Gasteiger partial charge in [0.25, 0.3) is 0 Å². The SMILES string of the molecule is CCC1CCCN1CC1CCC(C)(C)C1N. The second kappa shape index (κ2) is 4.66. The molecule has 0 radical (unpaired) electrons. The summed E-state index contributed by atoms with van der Waals surface area (Å²) >= 11 is 0. The van der Waals surface area contributed by atoms with Crippen molar-refractivity contribution in [3.8, 4) is 0 Å². The van der Waals surface area contributed by atoms with Crippen LogP contribution in [0.3, 0.4) is 0 Å². The minimum absolute atomic E-state index is 0.367. The van der Waals surface area contributed by atoms with E-state index in [1.807, 2.05) is 0 Å². The highest BCUT2D eigenvalue weighted by molar-refractivity contribution is 4.96. The summed E-state index contributed by atoms with van der Waals surface area (Å²) in [5, 5.41) is 0. The third-order valence-corrected chi connectivity index (χ3v) is 5.01. The van der Waals surface area contributed by atoms with Gasteiger partial charge in [0.2, 0.25) is 0 Å². The first kappa shape index (κ1) is 12.4. The molecule has 0 bridgehead atoms. The van der Waals surface area contributed by atoms with Crippen molar-refractivity contribution >= 4 is 0 Å². The van der Waals surface area contributed by atoms with Crippen LogP contribution in [0.4, 0.5) is 0 Å². The lowest BCUT2D eigenvalue weighted by atomic mass is 9.85. The molecule has 2 nitrogen and oxygen atoms in total. The molecule has 16 heavy (non-hydrogen) atoms. The van der Waals surface area contributed by atoms with Crippen LogP contribution in [0.15, 0.2) is 0 Å². The molecule has 0 amide bonds. The summed E-state index contributed by atoms with van der Waals surface area (Å²) in [5.41, 5.74) is 6.76. The lowest BCUT2D eigenvalue weighted by Gasteiger charge is -2.31. The highest BCUT2D eigenvalue weighted by Crippen LogP contribution is 2.41. The zero-order valence-corrected chi connectivity index (χ0v) is 11.2. The van der Waals surface area contributed by atoms with Gasteiger partial charge in [-0.05, 0) is 50.0 Å². The van der Waals surface area contributed by atoms with E-state index in [0.29, 0.717) is 11.5 Å². The molecule has 2 rings (SSSR count). The minimum atomic E-state index is 0.367. The molecule has 0 spiro atoms. The van der Waals surface area contributed by atoms with Crippen LogP contribution in [0, 0.1) is 11.3 Å². The van der Waals surface area contributed by atoms with Crippen LogP contribution in [0.25, 0.3) is 0 Å². The van der Waals surface area contributed by atoms with E-state index in [1.54, 1.807) is 0 Å². The molecule has 2 heteroatoms. The predicted octanol–water partition coefficient (Wildman–Crippen LogP) is 2.62. The number of likely N-dealkylation sites (tertiary alicyclic amines) is 1. The molecular weight excluding hydrogens is 196 g/mol. The van der Waals surface area contributed by atoms with Gasteiger partial charge in [-0.1, -0.05) is 20.8 Å². The molecule has 1 saturated heterocycles. The first-order valence-electron chi connectivity index (χ1n) is 7.04. The van der Waals surface area contributed by atoms with Gasteiger partial charge in [0.05, 0.1) is 0 Å². The Labute approximate surface area is 101 Å². The zero-order valence-electron chi connectivity index (χ0n) is 11.2. The van der Waals surface area contributed by atoms with E-state index in [-0.39, 0.29) is 0 Å². The van der Waals surface area contributed by atoms with E-state index in [4.69, 9.17) is 5.73 Å². The molecule has 0 aromatic carbocycles. The number of nitrogens with two attached hydrogens (primary N) is 1. The maximum Gasteiger partial charge on any atom is 0.0131 e. The lowest BCUT2D eigenvalue weighted by Crippen LogP contribution is -2.43. The normalized spacial score (nSPS) is 39.4. The quantitative estimate of drug-likeness (QED) is 0.798. The Morgan fingerprint density at radius 3 is 2.62 bits per heavy atom. The van der Waals surface area contributed by atoms with Gasteiger partial charge in [0, 0.05) is 18.6 Å². The molecule has 0 aromatic rings. The smallest absolute Gasteiger partial charge is 0.0131 e. The van der Waals surface area contributed by atoms with Crippen LogP contribution >= 0.6 is 0 Å². The third-order valence-electron chi connectivity index (χ3n) is 5.01. The highest BCUT2D eigenvalue weighted by Gasteiger charge is 2.40.